The Morgan fingerprint density at radius 2 is 2.36 bits per heavy atom. The van der Waals surface area contributed by atoms with E-state index in [1.54, 1.807) is 11.3 Å². The highest BCUT2D eigenvalue weighted by Crippen LogP contribution is 2.34. The molecule has 1 fully saturated rings. The van der Waals surface area contributed by atoms with E-state index in [1.165, 1.54) is 12.0 Å². The molecule has 2 heterocycles. The lowest BCUT2D eigenvalue weighted by Crippen LogP contribution is -2.26. The maximum absolute atomic E-state index is 11.7. The molecule has 2 aromatic rings. The summed E-state index contributed by atoms with van der Waals surface area (Å²) in [4.78, 5) is 15.8. The lowest BCUT2D eigenvalue weighted by molar-refractivity contribution is 0.315. The normalized spacial score (nSPS) is 17.5. The molecule has 0 bridgehead atoms. The van der Waals surface area contributed by atoms with E-state index in [9.17, 15) is 4.79 Å². The Morgan fingerprint density at radius 3 is 3.00 bits per heavy atom. The fraction of sp³-hybridized carbons (Fsp3) is 0.500. The number of nitrogens with one attached hydrogen (secondary N) is 1. The van der Waals surface area contributed by atoms with Gasteiger partial charge in [0.2, 0.25) is 0 Å². The third-order valence-corrected chi connectivity index (χ3v) is 4.16. The monoisotopic (exact) mass is 208 g/mol. The second kappa shape index (κ2) is 2.73. The van der Waals surface area contributed by atoms with Crippen molar-refractivity contribution in [2.75, 3.05) is 0 Å². The maximum atomic E-state index is 11.7. The van der Waals surface area contributed by atoms with E-state index in [1.807, 2.05) is 11.5 Å². The minimum absolute atomic E-state index is 0.0691. The van der Waals surface area contributed by atoms with Gasteiger partial charge in [-0.25, -0.2) is 4.79 Å². The number of imidazole rings is 1. The molecule has 0 aromatic carbocycles. The van der Waals surface area contributed by atoms with Crippen molar-refractivity contribution < 1.29 is 0 Å². The first-order valence-corrected chi connectivity index (χ1v) is 5.83. The Labute approximate surface area is 85.4 Å². The lowest BCUT2D eigenvalue weighted by Gasteiger charge is -2.25. The molecular weight excluding hydrogens is 196 g/mol. The van der Waals surface area contributed by atoms with Crippen LogP contribution in [0.1, 0.15) is 30.9 Å². The molecule has 0 aliphatic heterocycles. The molecule has 1 aliphatic carbocycles. The van der Waals surface area contributed by atoms with Crippen LogP contribution in [0.2, 0.25) is 0 Å². The van der Waals surface area contributed by atoms with Gasteiger partial charge in [0.05, 0.1) is 5.52 Å². The van der Waals surface area contributed by atoms with Crippen LogP contribution in [0.5, 0.6) is 0 Å². The smallest absolute Gasteiger partial charge is 0.304 e. The second-order valence-corrected chi connectivity index (χ2v) is 4.84. The van der Waals surface area contributed by atoms with Crippen molar-refractivity contribution in [1.82, 2.24) is 9.55 Å². The molecule has 1 aliphatic rings. The summed E-state index contributed by atoms with van der Waals surface area (Å²) in [6, 6.07) is 0.453. The first kappa shape index (κ1) is 8.29. The molecule has 3 nitrogen and oxygen atoms in total. The second-order valence-electron chi connectivity index (χ2n) is 3.98. The highest BCUT2D eigenvalue weighted by atomic mass is 32.1. The van der Waals surface area contributed by atoms with Crippen LogP contribution in [0.3, 0.4) is 0 Å². The SMILES string of the molecule is Cc1csc2c1[nH]c(=O)n2C1CCC1. The molecule has 0 radical (unpaired) electrons. The van der Waals surface area contributed by atoms with Crippen molar-refractivity contribution in [3.63, 3.8) is 0 Å². The Balaban J connectivity index is 2.29. The zero-order valence-electron chi connectivity index (χ0n) is 8.04. The summed E-state index contributed by atoms with van der Waals surface area (Å²) in [6.07, 6.45) is 3.57. The van der Waals surface area contributed by atoms with Crippen LogP contribution in [0.4, 0.5) is 0 Å². The number of nitrogens with zero attached hydrogens (tertiary/aromatic N) is 1. The van der Waals surface area contributed by atoms with Gasteiger partial charge < -0.3 is 4.98 Å². The van der Waals surface area contributed by atoms with Crippen molar-refractivity contribution in [1.29, 1.82) is 0 Å². The van der Waals surface area contributed by atoms with Crippen LogP contribution in [0.25, 0.3) is 10.3 Å². The standard InChI is InChI=1S/C10H12N2OS/c1-6-5-14-9-8(6)11-10(13)12(9)7-3-2-4-7/h5,7H,2-4H2,1H3,(H,11,13). The number of hydrogen-bond donors (Lipinski definition) is 1. The van der Waals surface area contributed by atoms with Gasteiger partial charge in [0.1, 0.15) is 4.83 Å². The van der Waals surface area contributed by atoms with Crippen LogP contribution in [0, 0.1) is 6.92 Å². The number of aryl methyl sites for hydroxylation is 1. The van der Waals surface area contributed by atoms with Crippen LogP contribution in [-0.4, -0.2) is 9.55 Å². The molecule has 1 saturated carbocycles. The summed E-state index contributed by atoms with van der Waals surface area (Å²) in [5, 5.41) is 2.11. The Bertz CT molecular complexity index is 530. The van der Waals surface area contributed by atoms with E-state index >= 15 is 0 Å². The van der Waals surface area contributed by atoms with Gasteiger partial charge in [-0.15, -0.1) is 11.3 Å². The van der Waals surface area contributed by atoms with Crippen LogP contribution >= 0.6 is 11.3 Å². The van der Waals surface area contributed by atoms with Crippen LogP contribution < -0.4 is 5.69 Å². The van der Waals surface area contributed by atoms with Gasteiger partial charge in [0, 0.05) is 6.04 Å². The third-order valence-electron chi connectivity index (χ3n) is 3.06. The fourth-order valence-corrected chi connectivity index (χ4v) is 3.08. The van der Waals surface area contributed by atoms with Crippen molar-refractivity contribution in [2.24, 2.45) is 0 Å². The highest BCUT2D eigenvalue weighted by Gasteiger charge is 2.24. The summed E-state index contributed by atoms with van der Waals surface area (Å²) in [5.74, 6) is 0. The molecule has 0 unspecified atom stereocenters. The van der Waals surface area contributed by atoms with Crippen molar-refractivity contribution >= 4 is 21.7 Å². The predicted octanol–water partition coefficient (Wildman–Crippen LogP) is 2.42. The molecule has 74 valence electrons. The highest BCUT2D eigenvalue weighted by molar-refractivity contribution is 7.16. The topological polar surface area (TPSA) is 37.8 Å². The minimum Gasteiger partial charge on any atom is -0.304 e. The predicted molar refractivity (Wildman–Crippen MR) is 58.1 cm³/mol. The van der Waals surface area contributed by atoms with Crippen molar-refractivity contribution in [3.8, 4) is 0 Å². The molecule has 1 N–H and O–H groups in total. The summed E-state index contributed by atoms with van der Waals surface area (Å²) in [6.45, 7) is 2.04. The fourth-order valence-electron chi connectivity index (χ4n) is 2.00. The number of H-pyrrole nitrogens is 1. The average molecular weight is 208 g/mol. The van der Waals surface area contributed by atoms with Crippen molar-refractivity contribution in [2.45, 2.75) is 32.2 Å². The van der Waals surface area contributed by atoms with Gasteiger partial charge >= 0.3 is 5.69 Å². The number of fused-ring (bicyclic) bond motifs is 1. The molecular formula is C10H12N2OS. The van der Waals surface area contributed by atoms with Crippen LogP contribution in [0.15, 0.2) is 10.2 Å². The van der Waals surface area contributed by atoms with Gasteiger partial charge in [-0.1, -0.05) is 0 Å². The van der Waals surface area contributed by atoms with Gasteiger partial charge in [-0.3, -0.25) is 4.57 Å². The summed E-state index contributed by atoms with van der Waals surface area (Å²) >= 11 is 1.67. The molecule has 2 aromatic heterocycles. The maximum Gasteiger partial charge on any atom is 0.327 e. The molecule has 3 rings (SSSR count). The molecule has 4 heteroatoms. The van der Waals surface area contributed by atoms with E-state index in [0.29, 0.717) is 6.04 Å². The summed E-state index contributed by atoms with van der Waals surface area (Å²) < 4.78 is 1.94. The largest absolute Gasteiger partial charge is 0.327 e. The molecule has 0 saturated heterocycles. The number of hydrogen-bond acceptors (Lipinski definition) is 2. The first-order chi connectivity index (χ1) is 6.77. The van der Waals surface area contributed by atoms with E-state index in [-0.39, 0.29) is 5.69 Å². The van der Waals surface area contributed by atoms with Gasteiger partial charge in [-0.2, -0.15) is 0 Å². The summed E-state index contributed by atoms with van der Waals surface area (Å²) in [7, 11) is 0. The van der Waals surface area contributed by atoms with E-state index in [2.05, 4.69) is 10.4 Å². The van der Waals surface area contributed by atoms with Gasteiger partial charge in [0.15, 0.2) is 0 Å². The van der Waals surface area contributed by atoms with Crippen LogP contribution in [-0.2, 0) is 0 Å². The summed E-state index contributed by atoms with van der Waals surface area (Å²) in [5.41, 5.74) is 2.28. The van der Waals surface area contributed by atoms with E-state index in [0.717, 1.165) is 23.2 Å². The molecule has 0 atom stereocenters. The quantitative estimate of drug-likeness (QED) is 0.768. The average Bonchev–Trinajstić information content (AvgIpc) is 2.54. The number of rotatable bonds is 1. The number of aromatic nitrogens is 2. The number of aromatic amines is 1. The molecule has 0 spiro atoms. The Morgan fingerprint density at radius 1 is 1.57 bits per heavy atom. The van der Waals surface area contributed by atoms with Gasteiger partial charge in [-0.05, 0) is 37.1 Å². The first-order valence-electron chi connectivity index (χ1n) is 4.95. The molecule has 0 amide bonds. The Kier molecular flexibility index (Phi) is 1.62. The third kappa shape index (κ3) is 0.945. The van der Waals surface area contributed by atoms with Gasteiger partial charge in [0.25, 0.3) is 0 Å². The zero-order chi connectivity index (χ0) is 9.71. The minimum atomic E-state index is 0.0691. The number of thiophene rings is 1. The Hall–Kier alpha value is -1.03. The lowest BCUT2D eigenvalue weighted by atomic mass is 9.93. The van der Waals surface area contributed by atoms with E-state index in [4.69, 9.17) is 0 Å². The zero-order valence-corrected chi connectivity index (χ0v) is 8.86. The molecule has 14 heavy (non-hydrogen) atoms. The van der Waals surface area contributed by atoms with E-state index < -0.39 is 0 Å². The van der Waals surface area contributed by atoms with Crippen molar-refractivity contribution in [3.05, 3.63) is 21.4 Å².